The molecule has 0 bridgehead atoms. The molecular weight excluding hydrogens is 837 g/mol. The molecule has 0 aromatic rings. The molecule has 32 heavy (non-hydrogen) atoms. The zero-order valence-electron chi connectivity index (χ0n) is 15.1. The van der Waals surface area contributed by atoms with Crippen molar-refractivity contribution >= 4 is 22.6 Å². The van der Waals surface area contributed by atoms with Crippen LogP contribution < -0.4 is 0 Å². The Morgan fingerprint density at radius 3 is 1.31 bits per heavy atom. The van der Waals surface area contributed by atoms with Gasteiger partial charge in [-0.3, -0.25) is 0 Å². The van der Waals surface area contributed by atoms with Gasteiger partial charge in [0.25, 0.3) is 0 Å². The van der Waals surface area contributed by atoms with Gasteiger partial charge in [0.1, 0.15) is 0 Å². The summed E-state index contributed by atoms with van der Waals surface area (Å²) in [6.07, 6.45) is -18.3. The van der Waals surface area contributed by atoms with Crippen molar-refractivity contribution in [2.75, 3.05) is 0 Å². The Labute approximate surface area is 207 Å². The SMILES string of the molecule is [CH2-]CCC(I)CC(CC(F)(F)C(F)(F)C(F)(F)C(F)(F)C(F)(F)C(F)(F)F)C(F)(F)F.[U]. The van der Waals surface area contributed by atoms with Crippen LogP contribution in [0, 0.1) is 44.0 Å². The summed E-state index contributed by atoms with van der Waals surface area (Å²) in [5.41, 5.74) is 0. The number of rotatable bonds is 10. The van der Waals surface area contributed by atoms with E-state index in [0.717, 1.165) is 0 Å². The average molecular weight is 849 g/mol. The van der Waals surface area contributed by atoms with E-state index in [4.69, 9.17) is 0 Å². The molecule has 0 saturated carbocycles. The van der Waals surface area contributed by atoms with Gasteiger partial charge in [-0.15, -0.1) is 0 Å². The fourth-order valence-electron chi connectivity index (χ4n) is 2.22. The van der Waals surface area contributed by atoms with E-state index >= 15 is 0 Å². The quantitative estimate of drug-likeness (QED) is 0.0904. The Morgan fingerprint density at radius 1 is 0.625 bits per heavy atom. The smallest absolute Gasteiger partial charge is 0.343 e. The number of hydrogen-bond donors (Lipinski definition) is 0. The fraction of sp³-hybridized carbons (Fsp3) is 0.929. The van der Waals surface area contributed by atoms with Crippen LogP contribution in [-0.4, -0.2) is 45.9 Å². The molecule has 0 saturated heterocycles. The molecule has 192 valence electrons. The van der Waals surface area contributed by atoms with Gasteiger partial charge in [-0.2, -0.15) is 76.7 Å². The average Bonchev–Trinajstić information content (AvgIpc) is 2.51. The Hall–Kier alpha value is 0.662. The molecule has 18 heteroatoms. The molecule has 2 unspecified atom stereocenters. The largest absolute Gasteiger partial charge is 0.460 e. The van der Waals surface area contributed by atoms with Crippen LogP contribution in [0.25, 0.3) is 0 Å². The zero-order valence-corrected chi connectivity index (χ0v) is 21.4. The zero-order chi connectivity index (χ0) is 25.5. The van der Waals surface area contributed by atoms with Gasteiger partial charge >= 0.3 is 42.0 Å². The molecule has 0 aromatic heterocycles. The predicted molar refractivity (Wildman–Crippen MR) is 82.0 cm³/mol. The molecule has 0 radical (unpaired) electrons. The van der Waals surface area contributed by atoms with Crippen molar-refractivity contribution in [3.05, 3.63) is 6.92 Å². The molecule has 0 amide bonds. The van der Waals surface area contributed by atoms with Crippen LogP contribution in [0.3, 0.4) is 0 Å². The summed E-state index contributed by atoms with van der Waals surface area (Å²) in [4.78, 5) is 0. The molecule has 0 N–H and O–H groups in total. The van der Waals surface area contributed by atoms with E-state index in [1.807, 2.05) is 0 Å². The summed E-state index contributed by atoms with van der Waals surface area (Å²) < 4.78 is 206. The second-order valence-electron chi connectivity index (χ2n) is 6.42. The van der Waals surface area contributed by atoms with Gasteiger partial charge in [0.15, 0.2) is 0 Å². The minimum atomic E-state index is -8.14. The maximum absolute atomic E-state index is 13.7. The summed E-state index contributed by atoms with van der Waals surface area (Å²) in [5.74, 6) is -42.2. The summed E-state index contributed by atoms with van der Waals surface area (Å²) >= 11 is 1.25. The van der Waals surface area contributed by atoms with Crippen LogP contribution >= 0.6 is 22.6 Å². The molecule has 0 fully saturated rings. The standard InChI is InChI=1S/C14H12F16I.U/c1-2-3-7(31)4-6(9(17,18)19)5-8(15,16)10(20,21)11(22,23)12(24,25)13(26,27)14(28,29)30;/h6-7H,1-5H2;/q-1;. The van der Waals surface area contributed by atoms with Crippen molar-refractivity contribution in [1.29, 1.82) is 0 Å². The van der Waals surface area contributed by atoms with Gasteiger partial charge < -0.3 is 6.92 Å². The van der Waals surface area contributed by atoms with E-state index in [2.05, 4.69) is 6.92 Å². The van der Waals surface area contributed by atoms with Crippen molar-refractivity contribution in [2.24, 2.45) is 5.92 Å². The van der Waals surface area contributed by atoms with Gasteiger partial charge in [0, 0.05) is 41.5 Å². The van der Waals surface area contributed by atoms with Crippen molar-refractivity contribution in [3.63, 3.8) is 0 Å². The molecule has 2 atom stereocenters. The number of hydrogen-bond acceptors (Lipinski definition) is 0. The predicted octanol–water partition coefficient (Wildman–Crippen LogP) is 8.10. The van der Waals surface area contributed by atoms with Crippen molar-refractivity contribution in [3.8, 4) is 0 Å². The van der Waals surface area contributed by atoms with E-state index < -0.39 is 64.6 Å². The van der Waals surface area contributed by atoms with E-state index in [0.29, 0.717) is 0 Å². The Bertz CT molecular complexity index is 597. The Morgan fingerprint density at radius 2 is 1.00 bits per heavy atom. The third-order valence-electron chi connectivity index (χ3n) is 4.02. The first kappa shape index (κ1) is 34.8. The maximum Gasteiger partial charge on any atom is 0.460 e. The molecule has 0 spiro atoms. The van der Waals surface area contributed by atoms with E-state index in [1.54, 1.807) is 0 Å². The Balaban J connectivity index is 0. The van der Waals surface area contributed by atoms with E-state index in [9.17, 15) is 70.2 Å². The van der Waals surface area contributed by atoms with Crippen LogP contribution in [0.2, 0.25) is 0 Å². The number of alkyl halides is 17. The molecule has 0 aromatic carbocycles. The van der Waals surface area contributed by atoms with Crippen molar-refractivity contribution in [1.82, 2.24) is 0 Å². The first-order valence-corrected chi connectivity index (χ1v) is 9.01. The van der Waals surface area contributed by atoms with Crippen LogP contribution in [-0.2, 0) is 0 Å². The molecular formula is C14H12F16IU-. The molecule has 0 aliphatic rings. The maximum atomic E-state index is 13.7. The minimum absolute atomic E-state index is 0. The monoisotopic (exact) mass is 849 g/mol. The van der Waals surface area contributed by atoms with Gasteiger partial charge in [-0.1, -0.05) is 29.0 Å². The normalized spacial score (nSPS) is 17.1. The van der Waals surface area contributed by atoms with Crippen LogP contribution in [0.15, 0.2) is 0 Å². The van der Waals surface area contributed by atoms with Crippen LogP contribution in [0.5, 0.6) is 0 Å². The summed E-state index contributed by atoms with van der Waals surface area (Å²) in [6.45, 7) is 3.21. The first-order chi connectivity index (χ1) is 13.3. The van der Waals surface area contributed by atoms with Gasteiger partial charge in [0.2, 0.25) is 0 Å². The van der Waals surface area contributed by atoms with Crippen molar-refractivity contribution in [2.45, 2.75) is 71.6 Å². The molecule has 0 aliphatic heterocycles. The summed E-state index contributed by atoms with van der Waals surface area (Å²) in [6, 6.07) is 0. The minimum Gasteiger partial charge on any atom is -0.343 e. The molecule has 0 aliphatic carbocycles. The fourth-order valence-corrected chi connectivity index (χ4v) is 3.27. The second-order valence-corrected chi connectivity index (χ2v) is 8.18. The summed E-state index contributed by atoms with van der Waals surface area (Å²) in [5, 5.41) is 0. The molecule has 0 rings (SSSR count). The second kappa shape index (κ2) is 10.7. The van der Waals surface area contributed by atoms with Crippen LogP contribution in [0.4, 0.5) is 70.2 Å². The molecule has 0 nitrogen and oxygen atoms in total. The first-order valence-electron chi connectivity index (χ1n) is 7.77. The summed E-state index contributed by atoms with van der Waals surface area (Å²) in [7, 11) is 0. The number of halogens is 17. The van der Waals surface area contributed by atoms with Gasteiger partial charge in [0.05, 0.1) is 5.92 Å². The van der Waals surface area contributed by atoms with Crippen molar-refractivity contribution < 1.29 is 101 Å². The van der Waals surface area contributed by atoms with Gasteiger partial charge in [-0.25, -0.2) is 0 Å². The van der Waals surface area contributed by atoms with E-state index in [-0.39, 0.29) is 44.0 Å². The topological polar surface area (TPSA) is 0 Å². The molecule has 0 heterocycles. The third-order valence-corrected chi connectivity index (χ3v) is 5.15. The Kier molecular flexibility index (Phi) is 11.7. The third kappa shape index (κ3) is 6.66. The van der Waals surface area contributed by atoms with Gasteiger partial charge in [-0.05, 0) is 6.42 Å². The van der Waals surface area contributed by atoms with Crippen LogP contribution in [0.1, 0.15) is 25.7 Å². The van der Waals surface area contributed by atoms with E-state index in [1.165, 1.54) is 22.6 Å².